The summed E-state index contributed by atoms with van der Waals surface area (Å²) < 4.78 is 0. The number of aryl methyl sites for hydroxylation is 1. The maximum Gasteiger partial charge on any atom is 0.130 e. The lowest BCUT2D eigenvalue weighted by Crippen LogP contribution is -2.11. The monoisotopic (exact) mass is 189 g/mol. The summed E-state index contributed by atoms with van der Waals surface area (Å²) in [6.07, 6.45) is 5.90. The minimum Gasteiger partial charge on any atom is -0.383 e. The SMILES string of the molecule is Cc1cnc(N)c(C2=CC(N)CC2)c1. The molecule has 0 aliphatic heterocycles. The first-order chi connectivity index (χ1) is 6.66. The predicted molar refractivity (Wildman–Crippen MR) is 58.6 cm³/mol. The molecule has 0 bridgehead atoms. The van der Waals surface area contributed by atoms with Crippen LogP contribution in [0.5, 0.6) is 0 Å². The van der Waals surface area contributed by atoms with E-state index in [0.717, 1.165) is 24.0 Å². The van der Waals surface area contributed by atoms with Gasteiger partial charge in [-0.2, -0.15) is 0 Å². The van der Waals surface area contributed by atoms with Crippen LogP contribution in [-0.4, -0.2) is 11.0 Å². The van der Waals surface area contributed by atoms with Crippen LogP contribution in [0.2, 0.25) is 0 Å². The van der Waals surface area contributed by atoms with E-state index in [1.54, 1.807) is 6.20 Å². The second-order valence-electron chi connectivity index (χ2n) is 3.84. The number of hydrogen-bond acceptors (Lipinski definition) is 3. The molecule has 1 heterocycles. The van der Waals surface area contributed by atoms with Crippen LogP contribution in [0.25, 0.3) is 5.57 Å². The molecule has 1 aliphatic carbocycles. The number of anilines is 1. The van der Waals surface area contributed by atoms with Crippen LogP contribution in [0.1, 0.15) is 24.0 Å². The third kappa shape index (κ3) is 1.63. The molecule has 74 valence electrons. The summed E-state index contributed by atoms with van der Waals surface area (Å²) in [5, 5.41) is 0. The standard InChI is InChI=1S/C11H15N3/c1-7-4-10(11(13)14-6-7)8-2-3-9(12)5-8/h4-6,9H,2-3,12H2,1H3,(H2,13,14). The van der Waals surface area contributed by atoms with Gasteiger partial charge in [0.2, 0.25) is 0 Å². The van der Waals surface area contributed by atoms with Crippen molar-refractivity contribution in [1.82, 2.24) is 4.98 Å². The van der Waals surface area contributed by atoms with Crippen LogP contribution in [0.15, 0.2) is 18.3 Å². The van der Waals surface area contributed by atoms with Crippen LogP contribution < -0.4 is 11.5 Å². The molecule has 1 aromatic heterocycles. The van der Waals surface area contributed by atoms with E-state index < -0.39 is 0 Å². The Hall–Kier alpha value is -1.35. The molecule has 1 aromatic rings. The van der Waals surface area contributed by atoms with E-state index in [1.807, 2.05) is 6.92 Å². The highest BCUT2D eigenvalue weighted by atomic mass is 14.8. The van der Waals surface area contributed by atoms with Gasteiger partial charge < -0.3 is 11.5 Å². The van der Waals surface area contributed by atoms with Crippen molar-refractivity contribution in [1.29, 1.82) is 0 Å². The van der Waals surface area contributed by atoms with Gasteiger partial charge in [0.1, 0.15) is 5.82 Å². The van der Waals surface area contributed by atoms with E-state index in [9.17, 15) is 0 Å². The van der Waals surface area contributed by atoms with E-state index >= 15 is 0 Å². The lowest BCUT2D eigenvalue weighted by atomic mass is 10.1. The minimum atomic E-state index is 0.185. The Balaban J connectivity index is 2.41. The van der Waals surface area contributed by atoms with Crippen molar-refractivity contribution in [3.63, 3.8) is 0 Å². The third-order valence-corrected chi connectivity index (χ3v) is 2.56. The third-order valence-electron chi connectivity index (χ3n) is 2.56. The molecule has 4 N–H and O–H groups in total. The summed E-state index contributed by atoms with van der Waals surface area (Å²) in [4.78, 5) is 4.14. The smallest absolute Gasteiger partial charge is 0.130 e. The Morgan fingerprint density at radius 2 is 2.29 bits per heavy atom. The average Bonchev–Trinajstić information content (AvgIpc) is 2.56. The summed E-state index contributed by atoms with van der Waals surface area (Å²) in [5.74, 6) is 0.607. The van der Waals surface area contributed by atoms with Gasteiger partial charge in [-0.05, 0) is 37.0 Å². The second-order valence-corrected chi connectivity index (χ2v) is 3.84. The van der Waals surface area contributed by atoms with Crippen molar-refractivity contribution >= 4 is 11.4 Å². The van der Waals surface area contributed by atoms with Gasteiger partial charge in [-0.15, -0.1) is 0 Å². The number of allylic oxidation sites excluding steroid dienone is 1. The molecule has 2 rings (SSSR count). The number of pyridine rings is 1. The van der Waals surface area contributed by atoms with Gasteiger partial charge in [0, 0.05) is 17.8 Å². The van der Waals surface area contributed by atoms with Crippen molar-refractivity contribution in [2.45, 2.75) is 25.8 Å². The lowest BCUT2D eigenvalue weighted by Gasteiger charge is -2.06. The van der Waals surface area contributed by atoms with Crippen molar-refractivity contribution in [3.8, 4) is 0 Å². The Morgan fingerprint density at radius 3 is 2.93 bits per heavy atom. The number of nitrogen functional groups attached to an aromatic ring is 1. The number of rotatable bonds is 1. The number of nitrogens with zero attached hydrogens (tertiary/aromatic N) is 1. The fourth-order valence-electron chi connectivity index (χ4n) is 1.81. The highest BCUT2D eigenvalue weighted by molar-refractivity contribution is 5.75. The summed E-state index contributed by atoms with van der Waals surface area (Å²) >= 11 is 0. The highest BCUT2D eigenvalue weighted by Gasteiger charge is 2.15. The van der Waals surface area contributed by atoms with Gasteiger partial charge in [-0.25, -0.2) is 4.98 Å². The zero-order valence-electron chi connectivity index (χ0n) is 8.33. The van der Waals surface area contributed by atoms with E-state index in [4.69, 9.17) is 11.5 Å². The van der Waals surface area contributed by atoms with Crippen LogP contribution in [0.3, 0.4) is 0 Å². The summed E-state index contributed by atoms with van der Waals surface area (Å²) in [6.45, 7) is 2.02. The van der Waals surface area contributed by atoms with E-state index in [2.05, 4.69) is 17.1 Å². The Labute approximate surface area is 83.8 Å². The highest BCUT2D eigenvalue weighted by Crippen LogP contribution is 2.30. The molecule has 0 saturated heterocycles. The number of nitrogens with two attached hydrogens (primary N) is 2. The Morgan fingerprint density at radius 1 is 1.50 bits per heavy atom. The largest absolute Gasteiger partial charge is 0.383 e. The van der Waals surface area contributed by atoms with Crippen LogP contribution in [-0.2, 0) is 0 Å². The normalized spacial score (nSPS) is 21.0. The van der Waals surface area contributed by atoms with Gasteiger partial charge in [0.05, 0.1) is 0 Å². The molecule has 0 amide bonds. The minimum absolute atomic E-state index is 0.185. The molecule has 1 unspecified atom stereocenters. The van der Waals surface area contributed by atoms with Gasteiger partial charge in [0.15, 0.2) is 0 Å². The molecule has 0 radical (unpaired) electrons. The van der Waals surface area contributed by atoms with E-state index in [0.29, 0.717) is 5.82 Å². The molecule has 3 nitrogen and oxygen atoms in total. The van der Waals surface area contributed by atoms with Crippen molar-refractivity contribution in [2.75, 3.05) is 5.73 Å². The molecule has 1 atom stereocenters. The summed E-state index contributed by atoms with van der Waals surface area (Å²) in [6, 6.07) is 2.26. The van der Waals surface area contributed by atoms with Crippen molar-refractivity contribution in [2.24, 2.45) is 5.73 Å². The quantitative estimate of drug-likeness (QED) is 0.703. The van der Waals surface area contributed by atoms with Crippen LogP contribution in [0, 0.1) is 6.92 Å². The van der Waals surface area contributed by atoms with Gasteiger partial charge in [0.25, 0.3) is 0 Å². The Kier molecular flexibility index (Phi) is 2.25. The lowest BCUT2D eigenvalue weighted by molar-refractivity contribution is 0.782. The van der Waals surface area contributed by atoms with Gasteiger partial charge in [-0.3, -0.25) is 0 Å². The second kappa shape index (κ2) is 3.42. The first kappa shape index (κ1) is 9.21. The molecule has 0 aromatic carbocycles. The molecule has 0 spiro atoms. The summed E-state index contributed by atoms with van der Waals surface area (Å²) in [7, 11) is 0. The Bertz CT molecular complexity index is 382. The van der Waals surface area contributed by atoms with E-state index in [1.165, 1.54) is 5.57 Å². The molecular weight excluding hydrogens is 174 g/mol. The molecule has 0 saturated carbocycles. The van der Waals surface area contributed by atoms with Crippen LogP contribution >= 0.6 is 0 Å². The molecule has 1 aliphatic rings. The zero-order valence-corrected chi connectivity index (χ0v) is 8.33. The first-order valence-corrected chi connectivity index (χ1v) is 4.85. The summed E-state index contributed by atoms with van der Waals surface area (Å²) in [5.41, 5.74) is 15.1. The van der Waals surface area contributed by atoms with Crippen molar-refractivity contribution < 1.29 is 0 Å². The maximum absolute atomic E-state index is 5.82. The maximum atomic E-state index is 5.82. The van der Waals surface area contributed by atoms with E-state index in [-0.39, 0.29) is 6.04 Å². The zero-order chi connectivity index (χ0) is 10.1. The van der Waals surface area contributed by atoms with Crippen LogP contribution in [0.4, 0.5) is 5.82 Å². The molecular formula is C11H15N3. The fourth-order valence-corrected chi connectivity index (χ4v) is 1.81. The molecule has 14 heavy (non-hydrogen) atoms. The van der Waals surface area contributed by atoms with Gasteiger partial charge >= 0.3 is 0 Å². The van der Waals surface area contributed by atoms with Gasteiger partial charge in [-0.1, -0.05) is 6.08 Å². The average molecular weight is 189 g/mol. The molecule has 0 fully saturated rings. The van der Waals surface area contributed by atoms with Crippen molar-refractivity contribution in [3.05, 3.63) is 29.5 Å². The predicted octanol–water partition coefficient (Wildman–Crippen LogP) is 1.48. The fraction of sp³-hybridized carbons (Fsp3) is 0.364. The topological polar surface area (TPSA) is 64.9 Å². The number of hydrogen-bond donors (Lipinski definition) is 2. The first-order valence-electron chi connectivity index (χ1n) is 4.85. The molecule has 3 heteroatoms. The number of aromatic nitrogens is 1.